The van der Waals surface area contributed by atoms with Crippen LogP contribution in [0.15, 0.2) is 6.33 Å². The van der Waals surface area contributed by atoms with Crippen LogP contribution in [0.3, 0.4) is 0 Å². The first-order valence-corrected chi connectivity index (χ1v) is 6.89. The number of carbonyl (C=O) groups excluding carboxylic acids is 1. The molecule has 0 aliphatic carbocycles. The smallest absolute Gasteiger partial charge is 0.251 e. The number of aliphatic hydroxyl groups excluding tert-OH is 2. The lowest BCUT2D eigenvalue weighted by Gasteiger charge is -2.16. The molecule has 23 heavy (non-hydrogen) atoms. The third-order valence-electron chi connectivity index (χ3n) is 3.69. The standard InChI is InChI=1S/C12H17N7O4/c1-14-8-4-9(18-12(13)17-8)19(3-16-4)11-6(21)5(20)7(23-11)10(22)15-2/h3,5-7,11,20-21H,1-2H3,(H,15,22)(H3,13,14,17,18)/t5-,6+,7-,11+/m0/s1. The summed E-state index contributed by atoms with van der Waals surface area (Å²) in [4.78, 5) is 24.0. The Morgan fingerprint density at radius 3 is 2.74 bits per heavy atom. The van der Waals surface area contributed by atoms with Gasteiger partial charge in [-0.05, 0) is 0 Å². The van der Waals surface area contributed by atoms with Gasteiger partial charge in [0.15, 0.2) is 29.3 Å². The van der Waals surface area contributed by atoms with Crippen LogP contribution in [0.25, 0.3) is 11.2 Å². The highest BCUT2D eigenvalue weighted by Crippen LogP contribution is 2.32. The van der Waals surface area contributed by atoms with Crippen LogP contribution in [0.1, 0.15) is 6.23 Å². The number of imidazole rings is 1. The molecule has 0 saturated carbocycles. The van der Waals surface area contributed by atoms with Gasteiger partial charge >= 0.3 is 0 Å². The molecule has 2 aromatic heterocycles. The number of hydrogen-bond donors (Lipinski definition) is 5. The Morgan fingerprint density at radius 2 is 2.09 bits per heavy atom. The molecule has 1 aliphatic heterocycles. The van der Waals surface area contributed by atoms with Crippen LogP contribution in [0, 0.1) is 0 Å². The van der Waals surface area contributed by atoms with Gasteiger partial charge in [-0.25, -0.2) is 4.98 Å². The molecule has 0 aromatic carbocycles. The monoisotopic (exact) mass is 323 g/mol. The van der Waals surface area contributed by atoms with Crippen molar-refractivity contribution in [3.8, 4) is 0 Å². The van der Waals surface area contributed by atoms with Gasteiger partial charge in [-0.15, -0.1) is 0 Å². The molecule has 1 aliphatic rings. The van der Waals surface area contributed by atoms with E-state index < -0.39 is 30.4 Å². The summed E-state index contributed by atoms with van der Waals surface area (Å²) in [5.41, 5.74) is 6.41. The van der Waals surface area contributed by atoms with Crippen molar-refractivity contribution < 1.29 is 19.7 Å². The number of ether oxygens (including phenoxy) is 1. The number of hydrogen-bond acceptors (Lipinski definition) is 9. The van der Waals surface area contributed by atoms with Crippen LogP contribution >= 0.6 is 0 Å². The molecule has 1 fully saturated rings. The van der Waals surface area contributed by atoms with Crippen LogP contribution in [-0.4, -0.2) is 68.0 Å². The van der Waals surface area contributed by atoms with Crippen molar-refractivity contribution in [1.82, 2.24) is 24.8 Å². The van der Waals surface area contributed by atoms with Gasteiger partial charge in [-0.2, -0.15) is 9.97 Å². The van der Waals surface area contributed by atoms with E-state index in [2.05, 4.69) is 25.6 Å². The molecule has 3 heterocycles. The number of nitrogens with one attached hydrogen (secondary N) is 2. The quantitative estimate of drug-likeness (QED) is 0.423. The third-order valence-corrected chi connectivity index (χ3v) is 3.69. The average molecular weight is 323 g/mol. The zero-order chi connectivity index (χ0) is 16.7. The Labute approximate surface area is 130 Å². The van der Waals surface area contributed by atoms with Gasteiger partial charge < -0.3 is 31.3 Å². The molecule has 1 amide bonds. The average Bonchev–Trinajstić information content (AvgIpc) is 3.08. The van der Waals surface area contributed by atoms with Crippen molar-refractivity contribution in [2.75, 3.05) is 25.1 Å². The predicted molar refractivity (Wildman–Crippen MR) is 79.3 cm³/mol. The molecule has 0 bridgehead atoms. The molecule has 11 heteroatoms. The number of anilines is 2. The first kappa shape index (κ1) is 15.4. The summed E-state index contributed by atoms with van der Waals surface area (Å²) in [6, 6.07) is 0. The SMILES string of the molecule is CNC(=O)[C@H]1O[C@@H](n2cnc3c(NC)nc(N)nc32)[C@H](O)[C@@H]1O. The van der Waals surface area contributed by atoms with Gasteiger partial charge in [0.1, 0.15) is 12.2 Å². The van der Waals surface area contributed by atoms with Gasteiger partial charge in [0.05, 0.1) is 6.33 Å². The van der Waals surface area contributed by atoms with E-state index >= 15 is 0 Å². The van der Waals surface area contributed by atoms with Gasteiger partial charge in [-0.3, -0.25) is 9.36 Å². The largest absolute Gasteiger partial charge is 0.387 e. The summed E-state index contributed by atoms with van der Waals surface area (Å²) in [6.07, 6.45) is -3.55. The van der Waals surface area contributed by atoms with Gasteiger partial charge in [-0.1, -0.05) is 0 Å². The van der Waals surface area contributed by atoms with E-state index in [1.54, 1.807) is 7.05 Å². The predicted octanol–water partition coefficient (Wildman–Crippen LogP) is -2.18. The van der Waals surface area contributed by atoms with Crippen molar-refractivity contribution in [1.29, 1.82) is 0 Å². The molecule has 124 valence electrons. The maximum absolute atomic E-state index is 11.7. The summed E-state index contributed by atoms with van der Waals surface area (Å²) in [5, 5.41) is 25.4. The Kier molecular flexibility index (Phi) is 3.75. The Morgan fingerprint density at radius 1 is 1.35 bits per heavy atom. The Balaban J connectivity index is 2.04. The van der Waals surface area contributed by atoms with E-state index in [0.29, 0.717) is 17.0 Å². The first-order chi connectivity index (χ1) is 11.0. The van der Waals surface area contributed by atoms with Crippen molar-refractivity contribution in [3.05, 3.63) is 6.33 Å². The molecule has 2 aromatic rings. The second-order valence-corrected chi connectivity index (χ2v) is 5.05. The maximum atomic E-state index is 11.7. The lowest BCUT2D eigenvalue weighted by molar-refractivity contribution is -0.137. The molecular formula is C12H17N7O4. The van der Waals surface area contributed by atoms with Crippen molar-refractivity contribution >= 4 is 28.8 Å². The second kappa shape index (κ2) is 5.61. The number of amides is 1. The van der Waals surface area contributed by atoms with Gasteiger partial charge in [0, 0.05) is 14.1 Å². The summed E-state index contributed by atoms with van der Waals surface area (Å²) < 4.78 is 6.90. The van der Waals surface area contributed by atoms with Gasteiger partial charge in [0.25, 0.3) is 5.91 Å². The summed E-state index contributed by atoms with van der Waals surface area (Å²) in [5.74, 6) is -0.102. The van der Waals surface area contributed by atoms with E-state index in [0.717, 1.165) is 0 Å². The summed E-state index contributed by atoms with van der Waals surface area (Å²) in [6.45, 7) is 0. The zero-order valence-electron chi connectivity index (χ0n) is 12.5. The fourth-order valence-electron chi connectivity index (χ4n) is 2.54. The van der Waals surface area contributed by atoms with E-state index in [9.17, 15) is 15.0 Å². The molecule has 3 rings (SSSR count). The normalized spacial score (nSPS) is 27.3. The second-order valence-electron chi connectivity index (χ2n) is 5.05. The number of rotatable bonds is 3. The summed E-state index contributed by atoms with van der Waals surface area (Å²) in [7, 11) is 3.07. The Bertz CT molecular complexity index is 748. The number of likely N-dealkylation sites (N-methyl/N-ethyl adjacent to an activating group) is 1. The molecule has 6 N–H and O–H groups in total. The number of aliphatic hydroxyl groups is 2. The number of nitrogens with zero attached hydrogens (tertiary/aromatic N) is 4. The van der Waals surface area contributed by atoms with Crippen molar-refractivity contribution in [2.45, 2.75) is 24.5 Å². The van der Waals surface area contributed by atoms with E-state index in [1.807, 2.05) is 0 Å². The highest BCUT2D eigenvalue weighted by Gasteiger charge is 2.47. The lowest BCUT2D eigenvalue weighted by atomic mass is 10.1. The molecule has 0 radical (unpaired) electrons. The fraction of sp³-hybridized carbons (Fsp3) is 0.500. The van der Waals surface area contributed by atoms with Crippen molar-refractivity contribution in [2.24, 2.45) is 0 Å². The van der Waals surface area contributed by atoms with E-state index in [1.165, 1.54) is 17.9 Å². The van der Waals surface area contributed by atoms with Crippen LogP contribution in [0.2, 0.25) is 0 Å². The first-order valence-electron chi connectivity index (χ1n) is 6.89. The van der Waals surface area contributed by atoms with Crippen LogP contribution in [0.4, 0.5) is 11.8 Å². The van der Waals surface area contributed by atoms with Crippen LogP contribution in [0.5, 0.6) is 0 Å². The molecule has 0 unspecified atom stereocenters. The van der Waals surface area contributed by atoms with E-state index in [4.69, 9.17) is 10.5 Å². The summed E-state index contributed by atoms with van der Waals surface area (Å²) >= 11 is 0. The topological polar surface area (TPSA) is 160 Å². The van der Waals surface area contributed by atoms with Crippen LogP contribution in [-0.2, 0) is 9.53 Å². The number of nitrogen functional groups attached to an aromatic ring is 1. The number of nitrogens with two attached hydrogens (primary N) is 1. The molecule has 11 nitrogen and oxygen atoms in total. The van der Waals surface area contributed by atoms with Crippen molar-refractivity contribution in [3.63, 3.8) is 0 Å². The lowest BCUT2D eigenvalue weighted by Crippen LogP contribution is -2.41. The molecule has 0 spiro atoms. The fourth-order valence-corrected chi connectivity index (χ4v) is 2.54. The number of aromatic nitrogens is 4. The Hall–Kier alpha value is -2.50. The zero-order valence-corrected chi connectivity index (χ0v) is 12.5. The highest BCUT2D eigenvalue weighted by atomic mass is 16.6. The highest BCUT2D eigenvalue weighted by molar-refractivity contribution is 5.84. The minimum atomic E-state index is -1.37. The molecular weight excluding hydrogens is 306 g/mol. The number of carbonyl (C=O) groups is 1. The minimum Gasteiger partial charge on any atom is -0.387 e. The van der Waals surface area contributed by atoms with Gasteiger partial charge in [0.2, 0.25) is 5.95 Å². The number of fused-ring (bicyclic) bond motifs is 1. The minimum absolute atomic E-state index is 0.0134. The van der Waals surface area contributed by atoms with E-state index in [-0.39, 0.29) is 5.95 Å². The molecule has 4 atom stereocenters. The maximum Gasteiger partial charge on any atom is 0.251 e. The van der Waals surface area contributed by atoms with Crippen LogP contribution < -0.4 is 16.4 Å². The third kappa shape index (κ3) is 2.34. The molecule has 1 saturated heterocycles.